The Morgan fingerprint density at radius 1 is 1.21 bits per heavy atom. The predicted molar refractivity (Wildman–Crippen MR) is 128 cm³/mol. The zero-order valence-corrected chi connectivity index (χ0v) is 21.3. The number of rotatable bonds is 4. The zero-order valence-electron chi connectivity index (χ0n) is 21.3. The summed E-state index contributed by atoms with van der Waals surface area (Å²) < 4.78 is 12.8. The van der Waals surface area contributed by atoms with E-state index in [4.69, 9.17) is 9.47 Å². The molecule has 0 unspecified atom stereocenters. The van der Waals surface area contributed by atoms with Gasteiger partial charge in [0.1, 0.15) is 5.60 Å². The third kappa shape index (κ3) is 3.75. The first-order valence-electron chi connectivity index (χ1n) is 12.2. The standard InChI is InChI=1S/C28H36O6/c1-8-15(2)23(30)16(3)17-13-19(29)18-14-20-27(6)11-9-21(26(4,5)32)33-22(27)10-12-28(20,7)34-25(18)24(17)31/h8,13-14,16,21-22,32H,9-12H2,1-7H3/b15-8+/t16-,21+,22+,27+,28+/m0/s1. The highest BCUT2D eigenvalue weighted by molar-refractivity contribution is 6.25. The van der Waals surface area contributed by atoms with Crippen molar-refractivity contribution in [1.82, 2.24) is 0 Å². The quantitative estimate of drug-likeness (QED) is 0.488. The molecule has 0 aromatic rings. The summed E-state index contributed by atoms with van der Waals surface area (Å²) in [6, 6.07) is 0. The molecule has 4 aliphatic rings. The third-order valence-electron chi connectivity index (χ3n) is 8.38. The molecule has 0 aromatic carbocycles. The second-order valence-electron chi connectivity index (χ2n) is 11.2. The van der Waals surface area contributed by atoms with Gasteiger partial charge in [0.2, 0.25) is 5.78 Å². The molecule has 0 spiro atoms. The van der Waals surface area contributed by atoms with Crippen LogP contribution in [0.2, 0.25) is 0 Å². The maximum absolute atomic E-state index is 13.4. The molecule has 2 heterocycles. The Morgan fingerprint density at radius 2 is 1.88 bits per heavy atom. The molecule has 6 nitrogen and oxygen atoms in total. The minimum atomic E-state index is -0.929. The van der Waals surface area contributed by atoms with Crippen LogP contribution in [-0.2, 0) is 23.9 Å². The number of allylic oxidation sites excluding steroid dienone is 6. The number of aliphatic hydroxyl groups is 1. The van der Waals surface area contributed by atoms with Gasteiger partial charge in [-0.05, 0) is 83.6 Å². The van der Waals surface area contributed by atoms with E-state index in [1.165, 1.54) is 6.08 Å². The molecule has 2 fully saturated rings. The van der Waals surface area contributed by atoms with Crippen molar-refractivity contribution in [3.8, 4) is 0 Å². The Balaban J connectivity index is 1.70. The summed E-state index contributed by atoms with van der Waals surface area (Å²) in [4.78, 5) is 39.3. The maximum atomic E-state index is 13.4. The second-order valence-corrected chi connectivity index (χ2v) is 11.2. The minimum Gasteiger partial charge on any atom is -0.478 e. The van der Waals surface area contributed by atoms with Crippen LogP contribution in [0.5, 0.6) is 0 Å². The molecule has 1 saturated heterocycles. The fraction of sp³-hybridized carbons (Fsp3) is 0.607. The molecule has 1 saturated carbocycles. The monoisotopic (exact) mass is 468 g/mol. The van der Waals surface area contributed by atoms with E-state index < -0.39 is 17.1 Å². The molecule has 0 bridgehead atoms. The largest absolute Gasteiger partial charge is 0.478 e. The van der Waals surface area contributed by atoms with E-state index in [0.717, 1.165) is 18.4 Å². The summed E-state index contributed by atoms with van der Waals surface area (Å²) in [6.07, 6.45) is 7.33. The van der Waals surface area contributed by atoms with Crippen molar-refractivity contribution < 1.29 is 29.0 Å². The lowest BCUT2D eigenvalue weighted by molar-refractivity contribution is -0.196. The molecule has 4 rings (SSSR count). The van der Waals surface area contributed by atoms with Gasteiger partial charge in [-0.25, -0.2) is 0 Å². The summed E-state index contributed by atoms with van der Waals surface area (Å²) in [6.45, 7) is 12.8. The van der Waals surface area contributed by atoms with Gasteiger partial charge in [0.05, 0.1) is 23.4 Å². The second kappa shape index (κ2) is 8.13. The molecule has 1 N–H and O–H groups in total. The highest BCUT2D eigenvalue weighted by atomic mass is 16.5. The van der Waals surface area contributed by atoms with Gasteiger partial charge in [-0.1, -0.05) is 19.9 Å². The fourth-order valence-corrected chi connectivity index (χ4v) is 6.00. The molecule has 2 aliphatic carbocycles. The van der Waals surface area contributed by atoms with E-state index in [0.29, 0.717) is 18.4 Å². The van der Waals surface area contributed by atoms with Crippen LogP contribution >= 0.6 is 0 Å². The lowest BCUT2D eigenvalue weighted by atomic mass is 9.58. The van der Waals surface area contributed by atoms with Gasteiger partial charge < -0.3 is 14.6 Å². The first-order chi connectivity index (χ1) is 15.7. The smallest absolute Gasteiger partial charge is 0.225 e. The average molecular weight is 469 g/mol. The van der Waals surface area contributed by atoms with E-state index in [2.05, 4.69) is 6.92 Å². The zero-order chi connectivity index (χ0) is 25.2. The Morgan fingerprint density at radius 3 is 2.50 bits per heavy atom. The number of carbonyl (C=O) groups is 3. The van der Waals surface area contributed by atoms with Crippen molar-refractivity contribution >= 4 is 17.3 Å². The topological polar surface area (TPSA) is 89.9 Å². The van der Waals surface area contributed by atoms with Crippen molar-refractivity contribution in [2.75, 3.05) is 0 Å². The molecule has 34 heavy (non-hydrogen) atoms. The number of hydrogen-bond acceptors (Lipinski definition) is 6. The Labute approximate surface area is 201 Å². The van der Waals surface area contributed by atoms with Gasteiger partial charge >= 0.3 is 0 Å². The van der Waals surface area contributed by atoms with Crippen molar-refractivity contribution in [3.05, 3.63) is 46.3 Å². The lowest BCUT2D eigenvalue weighted by Gasteiger charge is -2.57. The Kier molecular flexibility index (Phi) is 5.93. The normalized spacial score (nSPS) is 34.9. The SMILES string of the molecule is C/C=C(\C)C(=O)[C@@H](C)C1=CC(=O)C2=C(O[C@]3(C)CC[C@H]4O[C@@H](C(C)(C)O)CC[C@]4(C)C3=C2)C1=O. The fourth-order valence-electron chi connectivity index (χ4n) is 6.00. The highest BCUT2D eigenvalue weighted by Gasteiger charge is 2.57. The van der Waals surface area contributed by atoms with E-state index >= 15 is 0 Å². The first kappa shape index (κ1) is 24.8. The van der Waals surface area contributed by atoms with E-state index in [1.54, 1.807) is 40.7 Å². The van der Waals surface area contributed by atoms with Crippen LogP contribution in [0.15, 0.2) is 46.3 Å². The number of hydrogen-bond donors (Lipinski definition) is 1. The van der Waals surface area contributed by atoms with Crippen LogP contribution in [0.3, 0.4) is 0 Å². The van der Waals surface area contributed by atoms with Crippen LogP contribution in [-0.4, -0.2) is 45.9 Å². The summed E-state index contributed by atoms with van der Waals surface area (Å²) >= 11 is 0. The van der Waals surface area contributed by atoms with Gasteiger partial charge in [-0.15, -0.1) is 0 Å². The molecule has 0 radical (unpaired) electrons. The highest BCUT2D eigenvalue weighted by Crippen LogP contribution is 2.57. The molecular weight excluding hydrogens is 432 g/mol. The number of ketones is 3. The molecular formula is C28H36O6. The van der Waals surface area contributed by atoms with Crippen LogP contribution < -0.4 is 0 Å². The number of ether oxygens (including phenoxy) is 2. The summed E-state index contributed by atoms with van der Waals surface area (Å²) in [7, 11) is 0. The van der Waals surface area contributed by atoms with Crippen molar-refractivity contribution in [2.24, 2.45) is 11.3 Å². The van der Waals surface area contributed by atoms with Gasteiger partial charge in [-0.3, -0.25) is 14.4 Å². The Hall–Kier alpha value is -2.31. The van der Waals surface area contributed by atoms with Crippen LogP contribution in [0.1, 0.15) is 74.1 Å². The third-order valence-corrected chi connectivity index (χ3v) is 8.38. The van der Waals surface area contributed by atoms with E-state index in [1.807, 2.05) is 13.0 Å². The van der Waals surface area contributed by atoms with Gasteiger partial charge in [-0.2, -0.15) is 0 Å². The number of Topliss-reactive ketones (excluding diaryl/α,β-unsaturated/α-hetero) is 2. The Bertz CT molecular complexity index is 1080. The van der Waals surface area contributed by atoms with Crippen molar-refractivity contribution in [3.63, 3.8) is 0 Å². The maximum Gasteiger partial charge on any atom is 0.225 e. The number of carbonyl (C=O) groups excluding carboxylic acids is 3. The molecule has 0 aromatic heterocycles. The van der Waals surface area contributed by atoms with Crippen LogP contribution in [0.25, 0.3) is 0 Å². The predicted octanol–water partition coefficient (Wildman–Crippen LogP) is 4.32. The molecule has 0 amide bonds. The summed E-state index contributed by atoms with van der Waals surface area (Å²) in [5.74, 6) is -1.54. The van der Waals surface area contributed by atoms with Crippen LogP contribution in [0, 0.1) is 11.3 Å². The summed E-state index contributed by atoms with van der Waals surface area (Å²) in [5, 5.41) is 10.5. The van der Waals surface area contributed by atoms with Crippen molar-refractivity contribution in [2.45, 2.75) is 97.6 Å². The van der Waals surface area contributed by atoms with Gasteiger partial charge in [0.15, 0.2) is 17.3 Å². The molecule has 6 heteroatoms. The average Bonchev–Trinajstić information content (AvgIpc) is 2.77. The van der Waals surface area contributed by atoms with E-state index in [-0.39, 0.29) is 51.9 Å². The minimum absolute atomic E-state index is 0.0553. The van der Waals surface area contributed by atoms with Gasteiger partial charge in [0.25, 0.3) is 0 Å². The van der Waals surface area contributed by atoms with Crippen molar-refractivity contribution in [1.29, 1.82) is 0 Å². The van der Waals surface area contributed by atoms with Crippen LogP contribution in [0.4, 0.5) is 0 Å². The van der Waals surface area contributed by atoms with Gasteiger partial charge in [0, 0.05) is 16.9 Å². The number of fused-ring (bicyclic) bond motifs is 3. The lowest BCUT2D eigenvalue weighted by Crippen LogP contribution is -2.58. The molecule has 5 atom stereocenters. The van der Waals surface area contributed by atoms with E-state index in [9.17, 15) is 19.5 Å². The first-order valence-corrected chi connectivity index (χ1v) is 12.2. The molecule has 184 valence electrons. The summed E-state index contributed by atoms with van der Waals surface area (Å²) in [5.41, 5.74) is -0.0652. The molecule has 2 aliphatic heterocycles.